The molecular weight excluding hydrogens is 328 g/mol. The average molecular weight is 354 g/mol. The minimum Gasteiger partial charge on any atom is -0.339 e. The lowest BCUT2D eigenvalue weighted by atomic mass is 9.76. The summed E-state index contributed by atoms with van der Waals surface area (Å²) in [5, 5.41) is 0. The highest BCUT2D eigenvalue weighted by molar-refractivity contribution is 6.22. The summed E-state index contributed by atoms with van der Waals surface area (Å²) >= 11 is 0. The molecule has 3 aliphatic rings. The summed E-state index contributed by atoms with van der Waals surface area (Å²) in [6, 6.07) is 6.98. The van der Waals surface area contributed by atoms with Crippen molar-refractivity contribution >= 4 is 23.4 Å². The Balaban J connectivity index is 1.52. The Morgan fingerprint density at radius 3 is 2.27 bits per heavy atom. The summed E-state index contributed by atoms with van der Waals surface area (Å²) in [4.78, 5) is 41.4. The number of benzene rings is 1. The number of carbonyl (C=O) groups is 3. The van der Waals surface area contributed by atoms with Crippen LogP contribution < -0.4 is 4.90 Å². The summed E-state index contributed by atoms with van der Waals surface area (Å²) in [6.45, 7) is 3.77. The molecule has 138 valence electrons. The molecule has 0 N–H and O–H groups in total. The van der Waals surface area contributed by atoms with Crippen molar-refractivity contribution in [2.75, 3.05) is 18.0 Å². The van der Waals surface area contributed by atoms with Crippen molar-refractivity contribution in [3.8, 4) is 0 Å². The number of rotatable bonds is 2. The molecule has 0 aromatic heterocycles. The Labute approximate surface area is 154 Å². The van der Waals surface area contributed by atoms with Gasteiger partial charge in [0.2, 0.25) is 11.8 Å². The van der Waals surface area contributed by atoms with Crippen LogP contribution in [0.2, 0.25) is 0 Å². The van der Waals surface area contributed by atoms with Crippen molar-refractivity contribution in [3.05, 3.63) is 29.8 Å². The maximum absolute atomic E-state index is 12.8. The van der Waals surface area contributed by atoms with Gasteiger partial charge in [-0.15, -0.1) is 0 Å². The van der Waals surface area contributed by atoms with Gasteiger partial charge < -0.3 is 4.90 Å². The molecule has 3 atom stereocenters. The van der Waals surface area contributed by atoms with Crippen LogP contribution in [0.25, 0.3) is 0 Å². The molecule has 5 heteroatoms. The predicted octanol–water partition coefficient (Wildman–Crippen LogP) is 3.24. The molecule has 4 rings (SSSR count). The molecule has 3 amide bonds. The number of carbonyl (C=O) groups excluding carboxylic acids is 3. The van der Waals surface area contributed by atoms with Crippen LogP contribution >= 0.6 is 0 Å². The molecule has 3 unspecified atom stereocenters. The maximum atomic E-state index is 12.8. The van der Waals surface area contributed by atoms with Gasteiger partial charge in [0.25, 0.3) is 5.91 Å². The van der Waals surface area contributed by atoms with Gasteiger partial charge in [0.15, 0.2) is 0 Å². The fourth-order valence-electron chi connectivity index (χ4n) is 4.68. The molecule has 3 fully saturated rings. The highest BCUT2D eigenvalue weighted by Crippen LogP contribution is 2.42. The number of hydrogen-bond donors (Lipinski definition) is 0. The zero-order chi connectivity index (χ0) is 18.3. The van der Waals surface area contributed by atoms with Gasteiger partial charge in [-0.3, -0.25) is 19.3 Å². The van der Waals surface area contributed by atoms with E-state index in [-0.39, 0.29) is 29.6 Å². The van der Waals surface area contributed by atoms with E-state index in [1.165, 1.54) is 11.3 Å². The molecule has 2 aliphatic heterocycles. The zero-order valence-corrected chi connectivity index (χ0v) is 15.3. The van der Waals surface area contributed by atoms with Crippen LogP contribution in [0.4, 0.5) is 5.69 Å². The third-order valence-corrected chi connectivity index (χ3v) is 6.20. The van der Waals surface area contributed by atoms with Gasteiger partial charge in [-0.25, -0.2) is 0 Å². The quantitative estimate of drug-likeness (QED) is 0.766. The summed E-state index contributed by atoms with van der Waals surface area (Å²) in [6.07, 6.45) is 5.92. The van der Waals surface area contributed by atoms with Crippen LogP contribution in [0, 0.1) is 17.8 Å². The second-order valence-corrected chi connectivity index (χ2v) is 8.04. The highest BCUT2D eigenvalue weighted by Gasteiger charge is 2.49. The first-order valence-electron chi connectivity index (χ1n) is 9.83. The molecule has 1 aromatic carbocycles. The first-order chi connectivity index (χ1) is 12.6. The van der Waals surface area contributed by atoms with Crippen molar-refractivity contribution < 1.29 is 14.4 Å². The molecule has 0 radical (unpaired) electrons. The van der Waals surface area contributed by atoms with Gasteiger partial charge >= 0.3 is 0 Å². The Kier molecular flexibility index (Phi) is 4.55. The lowest BCUT2D eigenvalue weighted by Crippen LogP contribution is -2.35. The molecule has 1 saturated carbocycles. The number of fused-ring (bicyclic) bond motifs is 1. The van der Waals surface area contributed by atoms with E-state index in [9.17, 15) is 14.4 Å². The van der Waals surface area contributed by atoms with Crippen LogP contribution in [0.5, 0.6) is 0 Å². The van der Waals surface area contributed by atoms with Crippen LogP contribution in [-0.2, 0) is 9.59 Å². The van der Waals surface area contributed by atoms with Crippen LogP contribution in [-0.4, -0.2) is 35.7 Å². The number of imide groups is 1. The van der Waals surface area contributed by atoms with Crippen molar-refractivity contribution in [3.63, 3.8) is 0 Å². The van der Waals surface area contributed by atoms with Crippen molar-refractivity contribution in [1.82, 2.24) is 4.90 Å². The fourth-order valence-corrected chi connectivity index (χ4v) is 4.68. The summed E-state index contributed by atoms with van der Waals surface area (Å²) in [5.41, 5.74) is 1.22. The largest absolute Gasteiger partial charge is 0.339 e. The lowest BCUT2D eigenvalue weighted by Gasteiger charge is -2.26. The second-order valence-electron chi connectivity index (χ2n) is 8.04. The average Bonchev–Trinajstić information content (AvgIpc) is 2.92. The van der Waals surface area contributed by atoms with E-state index >= 15 is 0 Å². The number of piperidine rings is 1. The highest BCUT2D eigenvalue weighted by atomic mass is 16.2. The first-order valence-corrected chi connectivity index (χ1v) is 9.83. The van der Waals surface area contributed by atoms with Gasteiger partial charge in [0.1, 0.15) is 0 Å². The van der Waals surface area contributed by atoms with E-state index in [0.717, 1.165) is 45.2 Å². The summed E-state index contributed by atoms with van der Waals surface area (Å²) in [5.74, 6) is 0.0771. The van der Waals surface area contributed by atoms with Gasteiger partial charge in [-0.2, -0.15) is 0 Å². The van der Waals surface area contributed by atoms with E-state index in [0.29, 0.717) is 17.2 Å². The monoisotopic (exact) mass is 354 g/mol. The molecule has 2 heterocycles. The molecule has 1 aliphatic carbocycles. The number of anilines is 1. The lowest BCUT2D eigenvalue weighted by molar-refractivity contribution is -0.122. The molecule has 0 spiro atoms. The Hall–Kier alpha value is -2.17. The minimum absolute atomic E-state index is 0.0396. The van der Waals surface area contributed by atoms with E-state index in [1.807, 2.05) is 4.90 Å². The van der Waals surface area contributed by atoms with Gasteiger partial charge in [-0.05, 0) is 68.7 Å². The normalized spacial score (nSPS) is 29.0. The molecule has 5 nitrogen and oxygen atoms in total. The second kappa shape index (κ2) is 6.86. The third-order valence-electron chi connectivity index (χ3n) is 6.20. The Morgan fingerprint density at radius 2 is 1.58 bits per heavy atom. The summed E-state index contributed by atoms with van der Waals surface area (Å²) < 4.78 is 0. The smallest absolute Gasteiger partial charge is 0.253 e. The van der Waals surface area contributed by atoms with Crippen LogP contribution in [0.15, 0.2) is 24.3 Å². The predicted molar refractivity (Wildman–Crippen MR) is 98.7 cm³/mol. The standard InChI is InChI=1S/C21H26N2O3/c1-14-5-10-17-18(13-14)21(26)23(20(17)25)16-8-6-15(7-9-16)19(24)22-11-3-2-4-12-22/h6-9,14,17-18H,2-5,10-13H2,1H3. The van der Waals surface area contributed by atoms with Crippen molar-refractivity contribution in [1.29, 1.82) is 0 Å². The molecular formula is C21H26N2O3. The van der Waals surface area contributed by atoms with Gasteiger partial charge in [-0.1, -0.05) is 6.92 Å². The molecule has 2 saturated heterocycles. The van der Waals surface area contributed by atoms with E-state index < -0.39 is 0 Å². The van der Waals surface area contributed by atoms with E-state index in [1.54, 1.807) is 24.3 Å². The number of likely N-dealkylation sites (tertiary alicyclic amines) is 1. The third kappa shape index (κ3) is 2.93. The van der Waals surface area contributed by atoms with Gasteiger partial charge in [0, 0.05) is 18.7 Å². The first kappa shape index (κ1) is 17.3. The Bertz CT molecular complexity index is 721. The van der Waals surface area contributed by atoms with E-state index in [2.05, 4.69) is 6.92 Å². The van der Waals surface area contributed by atoms with E-state index in [4.69, 9.17) is 0 Å². The number of hydrogen-bond acceptors (Lipinski definition) is 3. The SMILES string of the molecule is CC1CCC2C(=O)N(c3ccc(C(=O)N4CCCCC4)cc3)C(=O)C2C1. The minimum atomic E-state index is -0.166. The van der Waals surface area contributed by atoms with Crippen molar-refractivity contribution in [2.24, 2.45) is 17.8 Å². The molecule has 0 bridgehead atoms. The fraction of sp³-hybridized carbons (Fsp3) is 0.571. The zero-order valence-electron chi connectivity index (χ0n) is 15.3. The van der Waals surface area contributed by atoms with Crippen LogP contribution in [0.1, 0.15) is 55.8 Å². The topological polar surface area (TPSA) is 57.7 Å². The molecule has 26 heavy (non-hydrogen) atoms. The van der Waals surface area contributed by atoms with Gasteiger partial charge in [0.05, 0.1) is 17.5 Å². The Morgan fingerprint density at radius 1 is 0.923 bits per heavy atom. The number of amides is 3. The van der Waals surface area contributed by atoms with Crippen LogP contribution in [0.3, 0.4) is 0 Å². The van der Waals surface area contributed by atoms with Crippen molar-refractivity contribution in [2.45, 2.75) is 45.4 Å². The maximum Gasteiger partial charge on any atom is 0.253 e. The number of nitrogens with zero attached hydrogens (tertiary/aromatic N) is 2. The summed E-state index contributed by atoms with van der Waals surface area (Å²) in [7, 11) is 0. The molecule has 1 aromatic rings.